The normalized spacial score (nSPS) is 12.3. The quantitative estimate of drug-likeness (QED) is 0.785. The van der Waals surface area contributed by atoms with Crippen LogP contribution in [0.2, 0.25) is 0 Å². The standard InChI is InChI=1S/C15H23NO2/c1-5-12(6-2)14(15(17)18-4)16-13-9-7-8-11(3)10-13/h7-10,12,14,16H,5-6H2,1-4H3. The largest absolute Gasteiger partial charge is 0.467 e. The lowest BCUT2D eigenvalue weighted by molar-refractivity contribution is -0.142. The smallest absolute Gasteiger partial charge is 0.328 e. The fraction of sp³-hybridized carbons (Fsp3) is 0.533. The Labute approximate surface area is 110 Å². The summed E-state index contributed by atoms with van der Waals surface area (Å²) < 4.78 is 4.90. The van der Waals surface area contributed by atoms with E-state index < -0.39 is 0 Å². The van der Waals surface area contributed by atoms with Crippen molar-refractivity contribution in [2.24, 2.45) is 5.92 Å². The average Bonchev–Trinajstić information content (AvgIpc) is 2.38. The van der Waals surface area contributed by atoms with Crippen LogP contribution in [0.5, 0.6) is 0 Å². The molecule has 3 heteroatoms. The zero-order chi connectivity index (χ0) is 13.5. The first-order chi connectivity index (χ1) is 8.62. The number of hydrogen-bond donors (Lipinski definition) is 1. The van der Waals surface area contributed by atoms with E-state index in [9.17, 15) is 4.79 Å². The van der Waals surface area contributed by atoms with Gasteiger partial charge in [-0.1, -0.05) is 38.8 Å². The van der Waals surface area contributed by atoms with Crippen LogP contribution in [0.25, 0.3) is 0 Å². The molecule has 3 nitrogen and oxygen atoms in total. The lowest BCUT2D eigenvalue weighted by Crippen LogP contribution is -2.37. The first kappa shape index (κ1) is 14.6. The van der Waals surface area contributed by atoms with Crippen molar-refractivity contribution in [1.29, 1.82) is 0 Å². The molecule has 0 spiro atoms. The zero-order valence-corrected chi connectivity index (χ0v) is 11.7. The molecule has 1 N–H and O–H groups in total. The third kappa shape index (κ3) is 3.76. The van der Waals surface area contributed by atoms with Crippen molar-refractivity contribution >= 4 is 11.7 Å². The molecule has 18 heavy (non-hydrogen) atoms. The number of rotatable bonds is 6. The number of carbonyl (C=O) groups excluding carboxylic acids is 1. The van der Waals surface area contributed by atoms with Crippen LogP contribution in [0.15, 0.2) is 24.3 Å². The lowest BCUT2D eigenvalue weighted by atomic mass is 9.94. The number of carbonyl (C=O) groups is 1. The molecule has 0 saturated carbocycles. The number of aryl methyl sites for hydroxylation is 1. The van der Waals surface area contributed by atoms with Crippen molar-refractivity contribution in [3.63, 3.8) is 0 Å². The summed E-state index contributed by atoms with van der Waals surface area (Å²) >= 11 is 0. The first-order valence-electron chi connectivity index (χ1n) is 6.53. The highest BCUT2D eigenvalue weighted by molar-refractivity contribution is 5.79. The number of anilines is 1. The Morgan fingerprint density at radius 1 is 1.33 bits per heavy atom. The minimum Gasteiger partial charge on any atom is -0.467 e. The highest BCUT2D eigenvalue weighted by atomic mass is 16.5. The van der Waals surface area contributed by atoms with Gasteiger partial charge < -0.3 is 10.1 Å². The minimum atomic E-state index is -0.271. The maximum atomic E-state index is 11.9. The molecule has 1 unspecified atom stereocenters. The summed E-state index contributed by atoms with van der Waals surface area (Å²) in [5.41, 5.74) is 2.14. The van der Waals surface area contributed by atoms with Crippen molar-refractivity contribution in [2.75, 3.05) is 12.4 Å². The van der Waals surface area contributed by atoms with Gasteiger partial charge >= 0.3 is 5.97 Å². The molecule has 0 aliphatic heterocycles. The van der Waals surface area contributed by atoms with Crippen LogP contribution in [0.3, 0.4) is 0 Å². The third-order valence-electron chi connectivity index (χ3n) is 3.32. The number of benzene rings is 1. The highest BCUT2D eigenvalue weighted by Crippen LogP contribution is 2.20. The van der Waals surface area contributed by atoms with Gasteiger partial charge in [0.15, 0.2) is 0 Å². The summed E-state index contributed by atoms with van der Waals surface area (Å²) in [6.07, 6.45) is 1.91. The molecule has 1 aromatic rings. The van der Waals surface area contributed by atoms with Gasteiger partial charge in [0.25, 0.3) is 0 Å². The van der Waals surface area contributed by atoms with Gasteiger partial charge in [-0.15, -0.1) is 0 Å². The molecule has 0 bridgehead atoms. The van der Waals surface area contributed by atoms with Gasteiger partial charge in [0, 0.05) is 5.69 Å². The molecular weight excluding hydrogens is 226 g/mol. The Hall–Kier alpha value is -1.51. The van der Waals surface area contributed by atoms with Crippen LogP contribution in [-0.2, 0) is 9.53 Å². The lowest BCUT2D eigenvalue weighted by Gasteiger charge is -2.25. The summed E-state index contributed by atoms with van der Waals surface area (Å²) in [6.45, 7) is 6.24. The van der Waals surface area contributed by atoms with Gasteiger partial charge in [-0.05, 0) is 30.5 Å². The monoisotopic (exact) mass is 249 g/mol. The number of methoxy groups -OCH3 is 1. The molecule has 0 aliphatic rings. The van der Waals surface area contributed by atoms with E-state index in [0.29, 0.717) is 0 Å². The van der Waals surface area contributed by atoms with E-state index >= 15 is 0 Å². The molecule has 0 fully saturated rings. The van der Waals surface area contributed by atoms with Crippen molar-refractivity contribution < 1.29 is 9.53 Å². The van der Waals surface area contributed by atoms with Gasteiger partial charge in [-0.25, -0.2) is 4.79 Å². The van der Waals surface area contributed by atoms with E-state index in [0.717, 1.165) is 18.5 Å². The predicted octanol–water partition coefficient (Wildman–Crippen LogP) is 3.38. The van der Waals surface area contributed by atoms with Crippen LogP contribution in [0.1, 0.15) is 32.3 Å². The van der Waals surface area contributed by atoms with Crippen LogP contribution < -0.4 is 5.32 Å². The Balaban J connectivity index is 2.87. The van der Waals surface area contributed by atoms with E-state index in [1.165, 1.54) is 12.7 Å². The SMILES string of the molecule is CCC(CC)C(Nc1cccc(C)c1)C(=O)OC. The number of ether oxygens (including phenoxy) is 1. The Morgan fingerprint density at radius 3 is 2.50 bits per heavy atom. The molecule has 0 aromatic heterocycles. The van der Waals surface area contributed by atoms with Gasteiger partial charge in [-0.2, -0.15) is 0 Å². The van der Waals surface area contributed by atoms with Crippen molar-refractivity contribution in [2.45, 2.75) is 39.7 Å². The molecule has 0 amide bonds. The number of esters is 1. The Morgan fingerprint density at radius 2 is 2.00 bits per heavy atom. The van der Waals surface area contributed by atoms with Gasteiger partial charge in [0.05, 0.1) is 7.11 Å². The second-order valence-corrected chi connectivity index (χ2v) is 4.59. The summed E-state index contributed by atoms with van der Waals surface area (Å²) in [6, 6.07) is 7.77. The van der Waals surface area contributed by atoms with Gasteiger partial charge in [-0.3, -0.25) is 0 Å². The van der Waals surface area contributed by atoms with Gasteiger partial charge in [0.2, 0.25) is 0 Å². The summed E-state index contributed by atoms with van der Waals surface area (Å²) in [5, 5.41) is 3.30. The van der Waals surface area contributed by atoms with E-state index in [-0.39, 0.29) is 17.9 Å². The van der Waals surface area contributed by atoms with E-state index in [1.807, 2.05) is 31.2 Å². The van der Waals surface area contributed by atoms with Crippen LogP contribution in [-0.4, -0.2) is 19.1 Å². The summed E-state index contributed by atoms with van der Waals surface area (Å²) in [7, 11) is 1.44. The topological polar surface area (TPSA) is 38.3 Å². The van der Waals surface area contributed by atoms with Crippen molar-refractivity contribution in [3.05, 3.63) is 29.8 Å². The molecule has 0 heterocycles. The molecular formula is C15H23NO2. The first-order valence-corrected chi connectivity index (χ1v) is 6.53. The number of hydrogen-bond acceptors (Lipinski definition) is 3. The minimum absolute atomic E-state index is 0.190. The highest BCUT2D eigenvalue weighted by Gasteiger charge is 2.26. The molecule has 1 atom stereocenters. The van der Waals surface area contributed by atoms with Crippen LogP contribution in [0, 0.1) is 12.8 Å². The molecule has 0 radical (unpaired) electrons. The molecule has 0 saturated heterocycles. The molecule has 1 rings (SSSR count). The van der Waals surface area contributed by atoms with Crippen molar-refractivity contribution in [1.82, 2.24) is 0 Å². The maximum absolute atomic E-state index is 11.9. The predicted molar refractivity (Wildman–Crippen MR) is 74.7 cm³/mol. The maximum Gasteiger partial charge on any atom is 0.328 e. The average molecular weight is 249 g/mol. The van der Waals surface area contributed by atoms with E-state index in [4.69, 9.17) is 4.74 Å². The van der Waals surface area contributed by atoms with E-state index in [2.05, 4.69) is 19.2 Å². The zero-order valence-electron chi connectivity index (χ0n) is 11.7. The van der Waals surface area contributed by atoms with E-state index in [1.54, 1.807) is 0 Å². The fourth-order valence-corrected chi connectivity index (χ4v) is 2.17. The molecule has 1 aromatic carbocycles. The van der Waals surface area contributed by atoms with Crippen molar-refractivity contribution in [3.8, 4) is 0 Å². The third-order valence-corrected chi connectivity index (χ3v) is 3.32. The summed E-state index contributed by atoms with van der Waals surface area (Å²) in [4.78, 5) is 11.9. The van der Waals surface area contributed by atoms with Gasteiger partial charge in [0.1, 0.15) is 6.04 Å². The number of nitrogens with one attached hydrogen (secondary N) is 1. The fourth-order valence-electron chi connectivity index (χ4n) is 2.17. The second kappa shape index (κ2) is 7.04. The second-order valence-electron chi connectivity index (χ2n) is 4.59. The van der Waals surface area contributed by atoms with Crippen LogP contribution >= 0.6 is 0 Å². The Kier molecular flexibility index (Phi) is 5.69. The summed E-state index contributed by atoms with van der Waals surface area (Å²) in [5.74, 6) is 0.100. The Bertz CT molecular complexity index is 386. The van der Waals surface area contributed by atoms with Crippen LogP contribution in [0.4, 0.5) is 5.69 Å². The molecule has 100 valence electrons. The molecule has 0 aliphatic carbocycles.